The standard InChI is InChI=1S/C44H44O9/c1-44(51)34-10-11-38(47)32(16-34)13-24-2-3-26-4-5-27(6-7-28(26)12-24)37-18-29(31-14-25(23-45)15-35(46)17-31)8-9-30-21-42(49)52-40-22-39(48)33(19-36(30)40)20-41(44)53-43(37)50/h2-3,12,14-15,17,19,22,29-30,32,34,41,45-46,48,51H,4-7,10-11,13,16,18,20-21,23H2,1H3. The number of hydrogen-bond acceptors (Lipinski definition) is 9. The molecule has 3 aliphatic heterocycles. The summed E-state index contributed by atoms with van der Waals surface area (Å²) in [7, 11) is 0. The zero-order chi connectivity index (χ0) is 37.0. The van der Waals surface area contributed by atoms with E-state index in [1.165, 1.54) is 23.3 Å². The molecular weight excluding hydrogens is 672 g/mol. The van der Waals surface area contributed by atoms with E-state index in [1.54, 1.807) is 25.1 Å². The maximum Gasteiger partial charge on any atom is 0.334 e. The Bertz CT molecular complexity index is 2110. The Balaban J connectivity index is 1.34. The molecule has 2 aliphatic carbocycles. The summed E-state index contributed by atoms with van der Waals surface area (Å²) in [5.41, 5.74) is 5.36. The summed E-state index contributed by atoms with van der Waals surface area (Å²) in [6.07, 6.45) is 3.30. The molecule has 9 bridgehead atoms. The van der Waals surface area contributed by atoms with Crippen molar-refractivity contribution in [2.24, 2.45) is 11.8 Å². The highest BCUT2D eigenvalue weighted by Crippen LogP contribution is 2.44. The average Bonchev–Trinajstić information content (AvgIpc) is 3.33. The number of carbonyl (C=O) groups excluding carboxylic acids is 3. The second kappa shape index (κ2) is 13.8. The average molecular weight is 717 g/mol. The Morgan fingerprint density at radius 3 is 2.43 bits per heavy atom. The van der Waals surface area contributed by atoms with Crippen molar-refractivity contribution in [2.75, 3.05) is 0 Å². The predicted octanol–water partition coefficient (Wildman–Crippen LogP) is 5.80. The minimum atomic E-state index is -1.59. The first kappa shape index (κ1) is 35.1. The molecule has 9 heteroatoms. The van der Waals surface area contributed by atoms with Gasteiger partial charge in [-0.3, -0.25) is 9.59 Å². The molecular formula is C44H44O9. The fourth-order valence-corrected chi connectivity index (χ4v) is 9.19. The van der Waals surface area contributed by atoms with Crippen LogP contribution in [0, 0.1) is 23.7 Å². The minimum absolute atomic E-state index is 0.0245. The molecule has 6 unspecified atom stereocenters. The number of fused-ring (bicyclic) bond motifs is 9. The Morgan fingerprint density at radius 1 is 0.830 bits per heavy atom. The highest BCUT2D eigenvalue weighted by molar-refractivity contribution is 5.90. The number of esters is 2. The van der Waals surface area contributed by atoms with Gasteiger partial charge in [0.25, 0.3) is 0 Å². The summed E-state index contributed by atoms with van der Waals surface area (Å²) in [6.45, 7) is 1.37. The first-order valence-corrected chi connectivity index (χ1v) is 18.7. The first-order valence-electron chi connectivity index (χ1n) is 18.7. The molecule has 53 heavy (non-hydrogen) atoms. The first-order chi connectivity index (χ1) is 25.4. The van der Waals surface area contributed by atoms with Crippen LogP contribution in [0.15, 0.2) is 59.7 Å². The Morgan fingerprint density at radius 2 is 1.62 bits per heavy atom. The number of ketones is 1. The van der Waals surface area contributed by atoms with Gasteiger partial charge in [0.05, 0.1) is 18.9 Å². The van der Waals surface area contributed by atoms with Gasteiger partial charge >= 0.3 is 11.9 Å². The van der Waals surface area contributed by atoms with E-state index >= 15 is 0 Å². The molecule has 1 saturated carbocycles. The van der Waals surface area contributed by atoms with Crippen LogP contribution in [0.5, 0.6) is 17.2 Å². The molecule has 0 radical (unpaired) electrons. The van der Waals surface area contributed by atoms with Crippen molar-refractivity contribution in [1.29, 1.82) is 0 Å². The van der Waals surface area contributed by atoms with Crippen LogP contribution in [0.1, 0.15) is 103 Å². The van der Waals surface area contributed by atoms with Gasteiger partial charge in [-0.15, -0.1) is 0 Å². The van der Waals surface area contributed by atoms with E-state index in [0.29, 0.717) is 79.2 Å². The fourth-order valence-electron chi connectivity index (χ4n) is 9.19. The maximum absolute atomic E-state index is 14.9. The molecule has 0 saturated heterocycles. The van der Waals surface area contributed by atoms with Gasteiger partial charge in [0.15, 0.2) is 0 Å². The summed E-state index contributed by atoms with van der Waals surface area (Å²) in [5, 5.41) is 44.6. The van der Waals surface area contributed by atoms with Gasteiger partial charge in [-0.25, -0.2) is 4.79 Å². The van der Waals surface area contributed by atoms with Crippen molar-refractivity contribution in [3.05, 3.63) is 98.6 Å². The third kappa shape index (κ3) is 6.87. The SMILES string of the molecule is CC1(O)C2CCC(=O)C(Cc3ccc4c(c3)CCC(=C3CC(c5cc(O)cc(CO)c5)C#CC5CC(=O)Oc6cc(O)c(cc65)CC1OC3=O)CC4)C2. The number of phenolic OH excluding ortho intramolecular Hbond substituents is 2. The van der Waals surface area contributed by atoms with Crippen molar-refractivity contribution in [2.45, 2.75) is 108 Å². The van der Waals surface area contributed by atoms with E-state index < -0.39 is 35.5 Å². The van der Waals surface area contributed by atoms with Crippen LogP contribution in [0.3, 0.4) is 0 Å². The maximum atomic E-state index is 14.9. The molecule has 0 amide bonds. The van der Waals surface area contributed by atoms with Gasteiger partial charge in [-0.05, 0) is 116 Å². The summed E-state index contributed by atoms with van der Waals surface area (Å²) >= 11 is 0. The Kier molecular flexibility index (Phi) is 9.16. The number of rotatable bonds is 2. The molecule has 9 nitrogen and oxygen atoms in total. The largest absolute Gasteiger partial charge is 0.508 e. The minimum Gasteiger partial charge on any atom is -0.508 e. The van der Waals surface area contributed by atoms with E-state index in [9.17, 15) is 34.8 Å². The van der Waals surface area contributed by atoms with Crippen molar-refractivity contribution in [3.63, 3.8) is 0 Å². The van der Waals surface area contributed by atoms with Crippen LogP contribution < -0.4 is 4.74 Å². The molecule has 0 aromatic heterocycles. The second-order valence-electron chi connectivity index (χ2n) is 15.7. The molecule has 1 fully saturated rings. The molecule has 274 valence electrons. The van der Waals surface area contributed by atoms with E-state index in [4.69, 9.17) is 9.47 Å². The third-order valence-electron chi connectivity index (χ3n) is 12.3. The van der Waals surface area contributed by atoms with Crippen LogP contribution in [0.2, 0.25) is 0 Å². The number of phenols is 2. The van der Waals surface area contributed by atoms with E-state index in [1.807, 2.05) is 0 Å². The van der Waals surface area contributed by atoms with E-state index in [-0.39, 0.29) is 60.7 Å². The van der Waals surface area contributed by atoms with Crippen molar-refractivity contribution < 1.29 is 44.3 Å². The number of hydrogen-bond donors (Lipinski definition) is 4. The number of aromatic hydroxyl groups is 2. The normalized spacial score (nSPS) is 28.3. The molecule has 6 atom stereocenters. The summed E-state index contributed by atoms with van der Waals surface area (Å²) in [6, 6.07) is 14.4. The highest BCUT2D eigenvalue weighted by Gasteiger charge is 2.47. The summed E-state index contributed by atoms with van der Waals surface area (Å²) in [4.78, 5) is 41.0. The van der Waals surface area contributed by atoms with Gasteiger partial charge in [0, 0.05) is 41.9 Å². The van der Waals surface area contributed by atoms with Crippen LogP contribution in [-0.2, 0) is 51.4 Å². The number of allylic oxidation sites excluding steroid dienone is 1. The fraction of sp³-hybridized carbons (Fsp3) is 0.432. The van der Waals surface area contributed by atoms with Crippen molar-refractivity contribution in [1.82, 2.24) is 0 Å². The highest BCUT2D eigenvalue weighted by atomic mass is 16.6. The third-order valence-corrected chi connectivity index (χ3v) is 12.3. The smallest absolute Gasteiger partial charge is 0.334 e. The molecule has 5 aliphatic rings. The zero-order valence-corrected chi connectivity index (χ0v) is 29.8. The molecule has 0 spiro atoms. The van der Waals surface area contributed by atoms with Gasteiger partial charge in [0.2, 0.25) is 0 Å². The van der Waals surface area contributed by atoms with Gasteiger partial charge < -0.3 is 29.9 Å². The van der Waals surface area contributed by atoms with Crippen LogP contribution in [0.4, 0.5) is 0 Å². The molecule has 3 aromatic rings. The molecule has 4 N–H and O–H groups in total. The Labute approximate surface area is 308 Å². The van der Waals surface area contributed by atoms with Crippen LogP contribution in [0.25, 0.3) is 0 Å². The number of carbonyl (C=O) groups is 3. The van der Waals surface area contributed by atoms with Gasteiger partial charge in [0.1, 0.15) is 34.7 Å². The van der Waals surface area contributed by atoms with Crippen molar-refractivity contribution in [3.8, 4) is 29.1 Å². The predicted molar refractivity (Wildman–Crippen MR) is 194 cm³/mol. The van der Waals surface area contributed by atoms with Crippen molar-refractivity contribution >= 4 is 17.7 Å². The lowest BCUT2D eigenvalue weighted by molar-refractivity contribution is -0.170. The quantitative estimate of drug-likeness (QED) is 0.147. The lowest BCUT2D eigenvalue weighted by Gasteiger charge is -2.42. The number of aliphatic hydroxyl groups is 2. The lowest BCUT2D eigenvalue weighted by Crippen LogP contribution is -2.52. The monoisotopic (exact) mass is 716 g/mol. The summed E-state index contributed by atoms with van der Waals surface area (Å²) in [5.74, 6) is 3.82. The lowest BCUT2D eigenvalue weighted by atomic mass is 9.68. The van der Waals surface area contributed by atoms with Crippen LogP contribution >= 0.6 is 0 Å². The Hall–Kier alpha value is -4.91. The zero-order valence-electron chi connectivity index (χ0n) is 29.8. The molecule has 3 heterocycles. The second-order valence-corrected chi connectivity index (χ2v) is 15.7. The van der Waals surface area contributed by atoms with Crippen LogP contribution in [-0.4, -0.2) is 49.9 Å². The number of aryl methyl sites for hydroxylation is 2. The van der Waals surface area contributed by atoms with E-state index in [0.717, 1.165) is 11.1 Å². The molecule has 3 aromatic carbocycles. The number of benzene rings is 3. The van der Waals surface area contributed by atoms with Gasteiger partial charge in [-0.2, -0.15) is 0 Å². The van der Waals surface area contributed by atoms with Gasteiger partial charge in [-0.1, -0.05) is 41.7 Å². The number of aliphatic hydroxyl groups excluding tert-OH is 1. The molecule has 8 rings (SSSR count). The number of ether oxygens (including phenoxy) is 2. The number of Topliss-reactive ketones (excluding diaryl/α,β-unsaturated/α-hetero) is 1. The van der Waals surface area contributed by atoms with E-state index in [2.05, 4.69) is 30.0 Å². The topological polar surface area (TPSA) is 151 Å². The summed E-state index contributed by atoms with van der Waals surface area (Å²) < 4.78 is 12.1.